The van der Waals surface area contributed by atoms with Crippen molar-refractivity contribution in [1.82, 2.24) is 14.5 Å². The molecule has 0 radical (unpaired) electrons. The van der Waals surface area contributed by atoms with Gasteiger partial charge in [-0.25, -0.2) is 4.98 Å². The molecule has 1 fully saturated rings. The Morgan fingerprint density at radius 3 is 2.61 bits per heavy atom. The summed E-state index contributed by atoms with van der Waals surface area (Å²) in [5.74, 6) is 0.255. The molecule has 1 amide bonds. The third-order valence-corrected chi connectivity index (χ3v) is 6.64. The Morgan fingerprint density at radius 2 is 1.90 bits per heavy atom. The Balaban J connectivity index is 1.39. The van der Waals surface area contributed by atoms with E-state index in [9.17, 15) is 14.7 Å². The number of likely N-dealkylation sites (tertiary alicyclic amines) is 1. The first kappa shape index (κ1) is 21.7. The molecule has 0 bridgehead atoms. The number of carbonyl (C=O) groups is 1. The maximum atomic E-state index is 12.8. The third kappa shape index (κ3) is 4.88. The van der Waals surface area contributed by atoms with E-state index in [1.54, 1.807) is 12.1 Å². The maximum absolute atomic E-state index is 12.8. The van der Waals surface area contributed by atoms with Gasteiger partial charge in [0.15, 0.2) is 0 Å². The molecular formula is C24H26BrN3O3. The highest BCUT2D eigenvalue weighted by Gasteiger charge is 2.35. The highest BCUT2D eigenvalue weighted by atomic mass is 79.9. The van der Waals surface area contributed by atoms with Crippen LogP contribution in [0, 0.1) is 0 Å². The molecule has 1 atom stereocenters. The van der Waals surface area contributed by atoms with Gasteiger partial charge in [0.1, 0.15) is 0 Å². The van der Waals surface area contributed by atoms with Gasteiger partial charge in [-0.3, -0.25) is 14.2 Å². The van der Waals surface area contributed by atoms with Gasteiger partial charge in [0.2, 0.25) is 5.91 Å². The van der Waals surface area contributed by atoms with Crippen LogP contribution in [0.15, 0.2) is 64.1 Å². The Labute approximate surface area is 189 Å². The van der Waals surface area contributed by atoms with Crippen molar-refractivity contribution in [1.29, 1.82) is 0 Å². The van der Waals surface area contributed by atoms with Crippen molar-refractivity contribution < 1.29 is 9.90 Å². The molecule has 6 nitrogen and oxygen atoms in total. The molecule has 1 aromatic heterocycles. The molecule has 7 heteroatoms. The number of rotatable bonds is 5. The predicted molar refractivity (Wildman–Crippen MR) is 124 cm³/mol. The summed E-state index contributed by atoms with van der Waals surface area (Å²) in [7, 11) is 0. The largest absolute Gasteiger partial charge is 0.388 e. The van der Waals surface area contributed by atoms with Gasteiger partial charge >= 0.3 is 0 Å². The molecule has 4 rings (SSSR count). The fraction of sp³-hybridized carbons (Fsp3) is 0.375. The van der Waals surface area contributed by atoms with Crippen LogP contribution >= 0.6 is 15.9 Å². The molecule has 0 saturated carbocycles. The monoisotopic (exact) mass is 483 g/mol. The molecule has 1 saturated heterocycles. The first-order valence-electron chi connectivity index (χ1n) is 10.5. The molecule has 2 aromatic carbocycles. The van der Waals surface area contributed by atoms with Crippen LogP contribution in [0.4, 0.5) is 0 Å². The van der Waals surface area contributed by atoms with Gasteiger partial charge in [0.05, 0.1) is 29.4 Å². The number of amides is 1. The second kappa shape index (κ2) is 8.93. The molecular weight excluding hydrogens is 458 g/mol. The van der Waals surface area contributed by atoms with Gasteiger partial charge < -0.3 is 10.0 Å². The minimum absolute atomic E-state index is 0.105. The summed E-state index contributed by atoms with van der Waals surface area (Å²) in [5, 5.41) is 11.6. The predicted octanol–water partition coefficient (Wildman–Crippen LogP) is 3.71. The van der Waals surface area contributed by atoms with Gasteiger partial charge in [-0.05, 0) is 42.5 Å². The Hall–Kier alpha value is -2.51. The smallest absolute Gasteiger partial charge is 0.261 e. The van der Waals surface area contributed by atoms with Crippen molar-refractivity contribution >= 4 is 32.7 Å². The lowest BCUT2D eigenvalue weighted by Gasteiger charge is -2.38. The van der Waals surface area contributed by atoms with Crippen LogP contribution in [-0.4, -0.2) is 44.2 Å². The van der Waals surface area contributed by atoms with Crippen LogP contribution < -0.4 is 5.56 Å². The number of piperidine rings is 1. The van der Waals surface area contributed by atoms with E-state index in [0.717, 1.165) is 10.0 Å². The maximum Gasteiger partial charge on any atom is 0.261 e. The van der Waals surface area contributed by atoms with E-state index in [1.807, 2.05) is 41.3 Å². The van der Waals surface area contributed by atoms with Crippen LogP contribution in [0.1, 0.15) is 37.7 Å². The van der Waals surface area contributed by atoms with Crippen LogP contribution in [0.3, 0.4) is 0 Å². The lowest BCUT2D eigenvalue weighted by atomic mass is 9.90. The number of aliphatic hydroxyl groups is 1. The van der Waals surface area contributed by atoms with Crippen molar-refractivity contribution in [2.24, 2.45) is 0 Å². The summed E-state index contributed by atoms with van der Waals surface area (Å²) >= 11 is 3.39. The lowest BCUT2D eigenvalue weighted by molar-refractivity contribution is -0.136. The van der Waals surface area contributed by atoms with Crippen molar-refractivity contribution in [2.45, 2.75) is 44.2 Å². The highest BCUT2D eigenvalue weighted by Crippen LogP contribution is 2.26. The zero-order valence-corrected chi connectivity index (χ0v) is 19.1. The molecule has 162 valence electrons. The zero-order valence-electron chi connectivity index (χ0n) is 17.5. The van der Waals surface area contributed by atoms with Crippen molar-refractivity contribution in [2.75, 3.05) is 13.1 Å². The quantitative estimate of drug-likeness (QED) is 0.600. The van der Waals surface area contributed by atoms with Gasteiger partial charge in [-0.15, -0.1) is 0 Å². The summed E-state index contributed by atoms with van der Waals surface area (Å²) in [5.41, 5.74) is 0.576. The molecule has 0 unspecified atom stereocenters. The fourth-order valence-electron chi connectivity index (χ4n) is 4.18. The van der Waals surface area contributed by atoms with E-state index >= 15 is 0 Å². The van der Waals surface area contributed by atoms with Crippen molar-refractivity contribution in [3.05, 3.63) is 75.2 Å². The van der Waals surface area contributed by atoms with E-state index in [2.05, 4.69) is 27.8 Å². The van der Waals surface area contributed by atoms with Crippen molar-refractivity contribution in [3.8, 4) is 0 Å². The molecule has 31 heavy (non-hydrogen) atoms. The van der Waals surface area contributed by atoms with Gasteiger partial charge in [0, 0.05) is 24.0 Å². The summed E-state index contributed by atoms with van der Waals surface area (Å²) in [6.07, 6.45) is 2.81. The van der Waals surface area contributed by atoms with Gasteiger partial charge in [-0.2, -0.15) is 0 Å². The van der Waals surface area contributed by atoms with Crippen LogP contribution in [0.25, 0.3) is 10.9 Å². The van der Waals surface area contributed by atoms with E-state index < -0.39 is 5.60 Å². The van der Waals surface area contributed by atoms with Crippen molar-refractivity contribution in [3.63, 3.8) is 0 Å². The van der Waals surface area contributed by atoms with E-state index in [4.69, 9.17) is 0 Å². The Morgan fingerprint density at radius 1 is 1.19 bits per heavy atom. The number of carbonyl (C=O) groups excluding carboxylic acids is 1. The van der Waals surface area contributed by atoms with Gasteiger partial charge in [-0.1, -0.05) is 53.2 Å². The second-order valence-corrected chi connectivity index (χ2v) is 9.38. The summed E-state index contributed by atoms with van der Waals surface area (Å²) < 4.78 is 2.34. The molecule has 1 aliphatic rings. The normalized spacial score (nSPS) is 16.9. The van der Waals surface area contributed by atoms with Crippen LogP contribution in [0.5, 0.6) is 0 Å². The topological polar surface area (TPSA) is 75.4 Å². The van der Waals surface area contributed by atoms with E-state index in [-0.39, 0.29) is 23.9 Å². The standard InChI is InChI=1S/C24H26BrN3O3/c1-17(18-5-3-2-4-6-18)13-22(29)27-11-9-24(31,10-12-27)15-28-16-26-21-14-19(25)7-8-20(21)23(28)30/h2-8,14,16-17,31H,9-13,15H2,1H3/t17-/m1/s1. The Bertz CT molecular complexity index is 1140. The number of aromatic nitrogens is 2. The molecule has 2 heterocycles. The molecule has 0 spiro atoms. The first-order valence-corrected chi connectivity index (χ1v) is 11.3. The zero-order chi connectivity index (χ0) is 22.0. The molecule has 0 aliphatic carbocycles. The molecule has 1 N–H and O–H groups in total. The lowest BCUT2D eigenvalue weighted by Crippen LogP contribution is -2.49. The molecule has 1 aliphatic heterocycles. The average Bonchev–Trinajstić information content (AvgIpc) is 2.76. The molecule has 3 aromatic rings. The van der Waals surface area contributed by atoms with E-state index in [1.165, 1.54) is 10.9 Å². The average molecular weight is 484 g/mol. The first-order chi connectivity index (χ1) is 14.8. The number of halogens is 1. The summed E-state index contributed by atoms with van der Waals surface area (Å²) in [6, 6.07) is 15.4. The fourth-order valence-corrected chi connectivity index (χ4v) is 4.53. The Kier molecular flexibility index (Phi) is 6.25. The SMILES string of the molecule is C[C@H](CC(=O)N1CCC(O)(Cn2cnc3cc(Br)ccc3c2=O)CC1)c1ccccc1. The summed E-state index contributed by atoms with van der Waals surface area (Å²) in [6.45, 7) is 3.21. The third-order valence-electron chi connectivity index (χ3n) is 6.15. The number of hydrogen-bond donors (Lipinski definition) is 1. The van der Waals surface area contributed by atoms with Crippen LogP contribution in [-0.2, 0) is 11.3 Å². The van der Waals surface area contributed by atoms with Crippen LogP contribution in [0.2, 0.25) is 0 Å². The van der Waals surface area contributed by atoms with E-state index in [0.29, 0.717) is 43.3 Å². The number of benzene rings is 2. The minimum atomic E-state index is -1.03. The summed E-state index contributed by atoms with van der Waals surface area (Å²) in [4.78, 5) is 31.8. The second-order valence-electron chi connectivity index (χ2n) is 8.46. The highest BCUT2D eigenvalue weighted by molar-refractivity contribution is 9.10. The number of fused-ring (bicyclic) bond motifs is 1. The number of nitrogens with zero attached hydrogens (tertiary/aromatic N) is 3. The number of hydrogen-bond acceptors (Lipinski definition) is 4. The van der Waals surface area contributed by atoms with Gasteiger partial charge in [0.25, 0.3) is 5.56 Å². The minimum Gasteiger partial charge on any atom is -0.388 e.